The third-order valence-corrected chi connectivity index (χ3v) is 3.11. The third kappa shape index (κ3) is 2.26. The minimum Gasteiger partial charge on any atom is -0.391 e. The van der Waals surface area contributed by atoms with Gasteiger partial charge in [0.1, 0.15) is 0 Å². The molecule has 2 unspecified atom stereocenters. The summed E-state index contributed by atoms with van der Waals surface area (Å²) in [6.07, 6.45) is 5.68. The normalized spacial score (nSPS) is 26.3. The van der Waals surface area contributed by atoms with Crippen LogP contribution in [0.25, 0.3) is 0 Å². The fourth-order valence-electron chi connectivity index (χ4n) is 2.19. The van der Waals surface area contributed by atoms with Crippen molar-refractivity contribution in [2.75, 3.05) is 11.9 Å². The first-order valence-electron chi connectivity index (χ1n) is 5.47. The second-order valence-corrected chi connectivity index (χ2v) is 4.11. The molecule has 1 aromatic rings. The molecule has 4 heteroatoms. The molecule has 1 heterocycles. The molecular weight excluding hydrogens is 190 g/mol. The SMILES string of the molecule is CN(c1cccnn1)C1CCCCC1O. The second kappa shape index (κ2) is 4.57. The standard InChI is InChI=1S/C11H17N3O/c1-14(11-7-4-8-12-13-11)9-5-2-3-6-10(9)15/h4,7-10,15H,2-3,5-6H2,1H3. The van der Waals surface area contributed by atoms with Gasteiger partial charge in [0.05, 0.1) is 12.1 Å². The van der Waals surface area contributed by atoms with Crippen LogP contribution in [0, 0.1) is 0 Å². The summed E-state index contributed by atoms with van der Waals surface area (Å²) in [6.45, 7) is 0. The van der Waals surface area contributed by atoms with Gasteiger partial charge in [0.25, 0.3) is 0 Å². The Bertz CT molecular complexity index is 304. The van der Waals surface area contributed by atoms with Gasteiger partial charge in [0.2, 0.25) is 0 Å². The smallest absolute Gasteiger partial charge is 0.151 e. The van der Waals surface area contributed by atoms with E-state index in [1.54, 1.807) is 6.20 Å². The molecule has 2 atom stereocenters. The quantitative estimate of drug-likeness (QED) is 0.792. The van der Waals surface area contributed by atoms with Crippen LogP contribution in [0.4, 0.5) is 5.82 Å². The number of nitrogens with zero attached hydrogens (tertiary/aromatic N) is 3. The predicted molar refractivity (Wildman–Crippen MR) is 58.7 cm³/mol. The van der Waals surface area contributed by atoms with Gasteiger partial charge in [0.15, 0.2) is 5.82 Å². The monoisotopic (exact) mass is 207 g/mol. The molecule has 82 valence electrons. The van der Waals surface area contributed by atoms with Crippen LogP contribution < -0.4 is 4.90 Å². The first-order chi connectivity index (χ1) is 7.29. The zero-order chi connectivity index (χ0) is 10.7. The fraction of sp³-hybridized carbons (Fsp3) is 0.636. The topological polar surface area (TPSA) is 49.2 Å². The van der Waals surface area contributed by atoms with Gasteiger partial charge in [-0.05, 0) is 25.0 Å². The molecular formula is C11H17N3O. The number of rotatable bonds is 2. The van der Waals surface area contributed by atoms with Crippen LogP contribution in [-0.2, 0) is 0 Å². The van der Waals surface area contributed by atoms with E-state index in [1.807, 2.05) is 24.1 Å². The van der Waals surface area contributed by atoms with Crippen molar-refractivity contribution >= 4 is 5.82 Å². The lowest BCUT2D eigenvalue weighted by atomic mass is 9.91. The number of aliphatic hydroxyl groups excluding tert-OH is 1. The maximum absolute atomic E-state index is 9.91. The summed E-state index contributed by atoms with van der Waals surface area (Å²) in [5, 5.41) is 17.8. The van der Waals surface area contributed by atoms with E-state index < -0.39 is 0 Å². The van der Waals surface area contributed by atoms with Crippen molar-refractivity contribution in [2.24, 2.45) is 0 Å². The van der Waals surface area contributed by atoms with Crippen LogP contribution >= 0.6 is 0 Å². The first-order valence-corrected chi connectivity index (χ1v) is 5.47. The Balaban J connectivity index is 2.09. The average Bonchev–Trinajstić information content (AvgIpc) is 2.30. The van der Waals surface area contributed by atoms with E-state index in [0.717, 1.165) is 25.1 Å². The molecule has 0 aliphatic heterocycles. The van der Waals surface area contributed by atoms with Gasteiger partial charge in [-0.3, -0.25) is 0 Å². The second-order valence-electron chi connectivity index (χ2n) is 4.11. The summed E-state index contributed by atoms with van der Waals surface area (Å²) in [5.74, 6) is 0.837. The van der Waals surface area contributed by atoms with Crippen molar-refractivity contribution in [2.45, 2.75) is 37.8 Å². The highest BCUT2D eigenvalue weighted by Gasteiger charge is 2.27. The summed E-state index contributed by atoms with van der Waals surface area (Å²) in [4.78, 5) is 2.04. The van der Waals surface area contributed by atoms with Crippen molar-refractivity contribution in [3.63, 3.8) is 0 Å². The van der Waals surface area contributed by atoms with Gasteiger partial charge in [-0.2, -0.15) is 5.10 Å². The highest BCUT2D eigenvalue weighted by atomic mass is 16.3. The highest BCUT2D eigenvalue weighted by molar-refractivity contribution is 5.37. The third-order valence-electron chi connectivity index (χ3n) is 3.11. The van der Waals surface area contributed by atoms with Gasteiger partial charge in [-0.15, -0.1) is 5.10 Å². The van der Waals surface area contributed by atoms with Gasteiger partial charge < -0.3 is 10.0 Å². The Morgan fingerprint density at radius 1 is 1.40 bits per heavy atom. The number of aromatic nitrogens is 2. The molecule has 1 N–H and O–H groups in total. The van der Waals surface area contributed by atoms with Crippen LogP contribution in [0.3, 0.4) is 0 Å². The van der Waals surface area contributed by atoms with Crippen molar-refractivity contribution in [1.29, 1.82) is 0 Å². The van der Waals surface area contributed by atoms with Crippen LogP contribution in [0.2, 0.25) is 0 Å². The van der Waals surface area contributed by atoms with Gasteiger partial charge in [-0.1, -0.05) is 12.8 Å². The number of hydrogen-bond acceptors (Lipinski definition) is 4. The van der Waals surface area contributed by atoms with Crippen molar-refractivity contribution < 1.29 is 5.11 Å². The molecule has 15 heavy (non-hydrogen) atoms. The maximum atomic E-state index is 9.91. The van der Waals surface area contributed by atoms with Gasteiger partial charge >= 0.3 is 0 Å². The van der Waals surface area contributed by atoms with Crippen LogP contribution in [0.1, 0.15) is 25.7 Å². The summed E-state index contributed by atoms with van der Waals surface area (Å²) >= 11 is 0. The Morgan fingerprint density at radius 2 is 2.20 bits per heavy atom. The molecule has 0 spiro atoms. The summed E-state index contributed by atoms with van der Waals surface area (Å²) < 4.78 is 0. The molecule has 0 bridgehead atoms. The molecule has 1 aliphatic rings. The molecule has 0 radical (unpaired) electrons. The van der Waals surface area contributed by atoms with Gasteiger partial charge in [-0.25, -0.2) is 0 Å². The summed E-state index contributed by atoms with van der Waals surface area (Å²) in [7, 11) is 1.98. The van der Waals surface area contributed by atoms with Crippen molar-refractivity contribution in [3.8, 4) is 0 Å². The minimum absolute atomic E-state index is 0.190. The van der Waals surface area contributed by atoms with E-state index in [2.05, 4.69) is 10.2 Å². The van der Waals surface area contributed by atoms with E-state index in [9.17, 15) is 5.11 Å². The van der Waals surface area contributed by atoms with Crippen LogP contribution in [-0.4, -0.2) is 34.5 Å². The molecule has 0 aromatic carbocycles. The largest absolute Gasteiger partial charge is 0.391 e. The zero-order valence-corrected chi connectivity index (χ0v) is 9.00. The van der Waals surface area contributed by atoms with E-state index in [1.165, 1.54) is 6.42 Å². The van der Waals surface area contributed by atoms with E-state index in [-0.39, 0.29) is 12.1 Å². The molecule has 2 rings (SSSR count). The summed E-state index contributed by atoms with van der Waals surface area (Å²) in [6, 6.07) is 3.98. The molecule has 1 aliphatic carbocycles. The molecule has 1 saturated carbocycles. The van der Waals surface area contributed by atoms with E-state index >= 15 is 0 Å². The first kappa shape index (κ1) is 10.4. The van der Waals surface area contributed by atoms with Crippen LogP contribution in [0.5, 0.6) is 0 Å². The van der Waals surface area contributed by atoms with E-state index in [0.29, 0.717) is 0 Å². The predicted octanol–water partition coefficient (Wildman–Crippen LogP) is 1.22. The average molecular weight is 207 g/mol. The minimum atomic E-state index is -0.231. The Kier molecular flexibility index (Phi) is 3.16. The highest BCUT2D eigenvalue weighted by Crippen LogP contribution is 2.24. The number of aliphatic hydroxyl groups is 1. The van der Waals surface area contributed by atoms with Crippen molar-refractivity contribution in [1.82, 2.24) is 10.2 Å². The molecule has 4 nitrogen and oxygen atoms in total. The van der Waals surface area contributed by atoms with E-state index in [4.69, 9.17) is 0 Å². The Morgan fingerprint density at radius 3 is 2.87 bits per heavy atom. The molecule has 1 aromatic heterocycles. The lowest BCUT2D eigenvalue weighted by Crippen LogP contribution is -2.43. The number of hydrogen-bond donors (Lipinski definition) is 1. The number of likely N-dealkylation sites (N-methyl/N-ethyl adjacent to an activating group) is 1. The summed E-state index contributed by atoms with van der Waals surface area (Å²) in [5.41, 5.74) is 0. The molecule has 0 amide bonds. The zero-order valence-electron chi connectivity index (χ0n) is 9.00. The lowest BCUT2D eigenvalue weighted by Gasteiger charge is -2.35. The Hall–Kier alpha value is -1.16. The molecule has 1 fully saturated rings. The lowest BCUT2D eigenvalue weighted by molar-refractivity contribution is 0.106. The fourth-order valence-corrected chi connectivity index (χ4v) is 2.19. The van der Waals surface area contributed by atoms with Gasteiger partial charge in [0, 0.05) is 13.2 Å². The maximum Gasteiger partial charge on any atom is 0.151 e. The number of anilines is 1. The van der Waals surface area contributed by atoms with Crippen molar-refractivity contribution in [3.05, 3.63) is 18.3 Å². The Labute approximate surface area is 89.9 Å². The van der Waals surface area contributed by atoms with Crippen LogP contribution in [0.15, 0.2) is 18.3 Å². The molecule has 0 saturated heterocycles.